The lowest BCUT2D eigenvalue weighted by atomic mass is 9.95. The molecule has 0 spiro atoms. The lowest BCUT2D eigenvalue weighted by molar-refractivity contribution is -0.125. The molecule has 1 aliphatic heterocycles. The van der Waals surface area contributed by atoms with Crippen molar-refractivity contribution < 1.29 is 4.79 Å². The summed E-state index contributed by atoms with van der Waals surface area (Å²) >= 11 is 0. The lowest BCUT2D eigenvalue weighted by Crippen LogP contribution is -2.41. The van der Waals surface area contributed by atoms with Crippen molar-refractivity contribution in [2.24, 2.45) is 5.92 Å². The zero-order valence-electron chi connectivity index (χ0n) is 17.9. The van der Waals surface area contributed by atoms with Crippen LogP contribution in [0.25, 0.3) is 11.4 Å². The summed E-state index contributed by atoms with van der Waals surface area (Å²) in [4.78, 5) is 24.1. The van der Waals surface area contributed by atoms with E-state index in [1.165, 1.54) is 36.8 Å². The minimum Gasteiger partial charge on any atom is -0.356 e. The van der Waals surface area contributed by atoms with Gasteiger partial charge in [-0.1, -0.05) is 41.5 Å². The van der Waals surface area contributed by atoms with Crippen LogP contribution in [0.1, 0.15) is 50.5 Å². The number of piperidine rings is 1. The Balaban J connectivity index is 1.28. The van der Waals surface area contributed by atoms with Gasteiger partial charge in [-0.15, -0.1) is 0 Å². The van der Waals surface area contributed by atoms with Gasteiger partial charge in [0.2, 0.25) is 5.91 Å². The second kappa shape index (κ2) is 9.88. The standard InChI is InChI=1S/C25H32N4O/c1-19-7-9-21(10-8-19)24-26-16-12-23(28-24)29-17-13-22(14-18-29)25(30)27-15-11-20-5-3-2-4-6-20/h5,7-10,12,16,22H,2-4,6,11,13-15,17-18H2,1H3,(H,27,30). The second-order valence-electron chi connectivity index (χ2n) is 8.51. The monoisotopic (exact) mass is 404 g/mol. The zero-order chi connectivity index (χ0) is 20.8. The largest absolute Gasteiger partial charge is 0.356 e. The number of aromatic nitrogens is 2. The number of benzene rings is 1. The van der Waals surface area contributed by atoms with Gasteiger partial charge in [0.05, 0.1) is 0 Å². The highest BCUT2D eigenvalue weighted by Gasteiger charge is 2.25. The highest BCUT2D eigenvalue weighted by Crippen LogP contribution is 2.24. The minimum absolute atomic E-state index is 0.111. The van der Waals surface area contributed by atoms with E-state index in [0.29, 0.717) is 0 Å². The number of allylic oxidation sites excluding steroid dienone is 1. The number of carbonyl (C=O) groups is 1. The van der Waals surface area contributed by atoms with Crippen molar-refractivity contribution in [3.63, 3.8) is 0 Å². The van der Waals surface area contributed by atoms with E-state index in [4.69, 9.17) is 4.98 Å². The lowest BCUT2D eigenvalue weighted by Gasteiger charge is -2.32. The molecule has 5 heteroatoms. The molecule has 1 fully saturated rings. The van der Waals surface area contributed by atoms with Crippen LogP contribution in [-0.2, 0) is 4.79 Å². The fraction of sp³-hybridized carbons (Fsp3) is 0.480. The number of carbonyl (C=O) groups excluding carboxylic acids is 1. The van der Waals surface area contributed by atoms with Crippen LogP contribution < -0.4 is 10.2 Å². The molecule has 1 amide bonds. The molecule has 158 valence electrons. The van der Waals surface area contributed by atoms with E-state index < -0.39 is 0 Å². The van der Waals surface area contributed by atoms with Crippen LogP contribution in [0.3, 0.4) is 0 Å². The molecule has 0 saturated carbocycles. The fourth-order valence-electron chi connectivity index (χ4n) is 4.36. The Morgan fingerprint density at radius 3 is 2.67 bits per heavy atom. The molecule has 5 nitrogen and oxygen atoms in total. The molecule has 30 heavy (non-hydrogen) atoms. The van der Waals surface area contributed by atoms with Crippen LogP contribution in [0.2, 0.25) is 0 Å². The van der Waals surface area contributed by atoms with Crippen molar-refractivity contribution in [1.82, 2.24) is 15.3 Å². The SMILES string of the molecule is Cc1ccc(-c2nccc(N3CCC(C(=O)NCCC4=CCCCC4)CC3)n2)cc1. The maximum Gasteiger partial charge on any atom is 0.223 e. The number of anilines is 1. The number of amides is 1. The average Bonchev–Trinajstić information content (AvgIpc) is 2.80. The third-order valence-electron chi connectivity index (χ3n) is 6.27. The van der Waals surface area contributed by atoms with Crippen LogP contribution in [0.5, 0.6) is 0 Å². The molecule has 2 aliphatic rings. The topological polar surface area (TPSA) is 58.1 Å². The van der Waals surface area contributed by atoms with Gasteiger partial charge in [0.15, 0.2) is 5.82 Å². The third kappa shape index (κ3) is 5.26. The summed E-state index contributed by atoms with van der Waals surface area (Å²) in [5, 5.41) is 3.17. The van der Waals surface area contributed by atoms with Gasteiger partial charge in [-0.25, -0.2) is 9.97 Å². The number of nitrogens with zero attached hydrogens (tertiary/aromatic N) is 3. The van der Waals surface area contributed by atoms with Gasteiger partial charge < -0.3 is 10.2 Å². The second-order valence-corrected chi connectivity index (χ2v) is 8.51. The van der Waals surface area contributed by atoms with E-state index in [2.05, 4.69) is 52.5 Å². The van der Waals surface area contributed by atoms with Crippen molar-refractivity contribution in [3.05, 3.63) is 53.7 Å². The Hall–Kier alpha value is -2.69. The van der Waals surface area contributed by atoms with E-state index in [-0.39, 0.29) is 11.8 Å². The molecule has 2 heterocycles. The zero-order valence-corrected chi connectivity index (χ0v) is 17.9. The van der Waals surface area contributed by atoms with Gasteiger partial charge in [-0.2, -0.15) is 0 Å². The maximum atomic E-state index is 12.6. The molecule has 1 aliphatic carbocycles. The molecule has 4 rings (SSSR count). The minimum atomic E-state index is 0.111. The van der Waals surface area contributed by atoms with Crippen molar-refractivity contribution in [2.75, 3.05) is 24.5 Å². The first-order valence-corrected chi connectivity index (χ1v) is 11.3. The maximum absolute atomic E-state index is 12.6. The molecule has 1 aromatic carbocycles. The number of nitrogens with one attached hydrogen (secondary N) is 1. The summed E-state index contributed by atoms with van der Waals surface area (Å²) in [7, 11) is 0. The predicted molar refractivity (Wildman–Crippen MR) is 121 cm³/mol. The molecule has 1 saturated heterocycles. The van der Waals surface area contributed by atoms with Crippen molar-refractivity contribution in [3.8, 4) is 11.4 Å². The Bertz CT molecular complexity index is 882. The highest BCUT2D eigenvalue weighted by molar-refractivity contribution is 5.79. The van der Waals surface area contributed by atoms with E-state index in [1.54, 1.807) is 0 Å². The van der Waals surface area contributed by atoms with Crippen LogP contribution >= 0.6 is 0 Å². The van der Waals surface area contributed by atoms with Crippen molar-refractivity contribution in [1.29, 1.82) is 0 Å². The summed E-state index contributed by atoms with van der Waals surface area (Å²) in [5.74, 6) is 2.03. The third-order valence-corrected chi connectivity index (χ3v) is 6.27. The van der Waals surface area contributed by atoms with E-state index in [1.807, 2.05) is 12.3 Å². The number of aryl methyl sites for hydroxylation is 1. The number of hydrogen-bond donors (Lipinski definition) is 1. The quantitative estimate of drug-likeness (QED) is 0.711. The molecule has 2 aromatic rings. The Labute approximate surface area is 179 Å². The van der Waals surface area contributed by atoms with E-state index in [0.717, 1.165) is 56.1 Å². The Kier molecular flexibility index (Phi) is 6.77. The van der Waals surface area contributed by atoms with Crippen LogP contribution in [0.4, 0.5) is 5.82 Å². The summed E-state index contributed by atoms with van der Waals surface area (Å²) in [6.45, 7) is 4.56. The van der Waals surface area contributed by atoms with Crippen molar-refractivity contribution >= 4 is 11.7 Å². The normalized spacial score (nSPS) is 17.5. The summed E-state index contributed by atoms with van der Waals surface area (Å²) in [6.07, 6.45) is 12.0. The van der Waals surface area contributed by atoms with Crippen LogP contribution in [0, 0.1) is 12.8 Å². The number of rotatable bonds is 6. The predicted octanol–water partition coefficient (Wildman–Crippen LogP) is 4.68. The van der Waals surface area contributed by atoms with E-state index >= 15 is 0 Å². The van der Waals surface area contributed by atoms with Crippen LogP contribution in [-0.4, -0.2) is 35.5 Å². The van der Waals surface area contributed by atoms with Gasteiger partial charge in [0.1, 0.15) is 5.82 Å². The molecule has 0 radical (unpaired) electrons. The molecular formula is C25H32N4O. The van der Waals surface area contributed by atoms with Gasteiger partial charge in [0.25, 0.3) is 0 Å². The van der Waals surface area contributed by atoms with Gasteiger partial charge in [-0.05, 0) is 57.9 Å². The molecule has 1 N–H and O–H groups in total. The Morgan fingerprint density at radius 2 is 1.93 bits per heavy atom. The smallest absolute Gasteiger partial charge is 0.223 e. The van der Waals surface area contributed by atoms with Gasteiger partial charge >= 0.3 is 0 Å². The van der Waals surface area contributed by atoms with E-state index in [9.17, 15) is 4.79 Å². The molecule has 0 atom stereocenters. The molecule has 0 unspecified atom stereocenters. The fourth-order valence-corrected chi connectivity index (χ4v) is 4.36. The first-order chi connectivity index (χ1) is 14.7. The molecular weight excluding hydrogens is 372 g/mol. The first-order valence-electron chi connectivity index (χ1n) is 11.3. The highest BCUT2D eigenvalue weighted by atomic mass is 16.1. The number of hydrogen-bond acceptors (Lipinski definition) is 4. The summed E-state index contributed by atoms with van der Waals surface area (Å²) in [5.41, 5.74) is 3.78. The molecule has 1 aromatic heterocycles. The summed E-state index contributed by atoms with van der Waals surface area (Å²) in [6, 6.07) is 10.3. The van der Waals surface area contributed by atoms with Gasteiger partial charge in [0, 0.05) is 37.3 Å². The summed E-state index contributed by atoms with van der Waals surface area (Å²) < 4.78 is 0. The van der Waals surface area contributed by atoms with Crippen LogP contribution in [0.15, 0.2) is 48.2 Å². The van der Waals surface area contributed by atoms with Crippen molar-refractivity contribution in [2.45, 2.75) is 51.9 Å². The molecule has 0 bridgehead atoms. The van der Waals surface area contributed by atoms with Gasteiger partial charge in [-0.3, -0.25) is 4.79 Å². The Morgan fingerprint density at radius 1 is 1.13 bits per heavy atom. The first kappa shape index (κ1) is 20.6. The average molecular weight is 405 g/mol.